The van der Waals surface area contributed by atoms with Crippen molar-refractivity contribution in [2.24, 2.45) is 5.92 Å². The van der Waals surface area contributed by atoms with E-state index in [2.05, 4.69) is 12.2 Å². The van der Waals surface area contributed by atoms with E-state index in [4.69, 9.17) is 0 Å². The maximum Gasteiger partial charge on any atom is 0.238 e. The van der Waals surface area contributed by atoms with Crippen LogP contribution in [0.2, 0.25) is 0 Å². The van der Waals surface area contributed by atoms with Gasteiger partial charge in [0.2, 0.25) is 5.91 Å². The summed E-state index contributed by atoms with van der Waals surface area (Å²) in [4.78, 5) is 12.4. The Balaban J connectivity index is 2.02. The lowest BCUT2D eigenvalue weighted by Gasteiger charge is -2.28. The predicted molar refractivity (Wildman–Crippen MR) is 97.6 cm³/mol. The molecule has 0 bridgehead atoms. The normalized spacial score (nSPS) is 22.8. The van der Waals surface area contributed by atoms with Crippen LogP contribution in [0.3, 0.4) is 0 Å². The zero-order chi connectivity index (χ0) is 17.9. The molecule has 0 spiro atoms. The van der Waals surface area contributed by atoms with Crippen LogP contribution < -0.4 is 5.32 Å². The van der Waals surface area contributed by atoms with E-state index in [9.17, 15) is 13.2 Å². The summed E-state index contributed by atoms with van der Waals surface area (Å²) in [6, 6.07) is 5.90. The highest BCUT2D eigenvalue weighted by Crippen LogP contribution is 2.24. The largest absolute Gasteiger partial charge is 0.352 e. The van der Waals surface area contributed by atoms with E-state index in [-0.39, 0.29) is 17.7 Å². The van der Waals surface area contributed by atoms with Crippen LogP contribution in [0.15, 0.2) is 18.2 Å². The zero-order valence-corrected chi connectivity index (χ0v) is 15.9. The summed E-state index contributed by atoms with van der Waals surface area (Å²) in [5.74, 6) is 0.250. The molecule has 134 valence electrons. The smallest absolute Gasteiger partial charge is 0.238 e. The Kier molecular flexibility index (Phi) is 6.07. The fourth-order valence-electron chi connectivity index (χ4n) is 3.18. The third-order valence-corrected chi connectivity index (χ3v) is 7.14. The molecule has 0 aromatic heterocycles. The molecule has 1 amide bonds. The molecule has 1 fully saturated rings. The fourth-order valence-corrected chi connectivity index (χ4v) is 4.57. The van der Waals surface area contributed by atoms with Crippen LogP contribution in [-0.4, -0.2) is 25.6 Å². The van der Waals surface area contributed by atoms with Crippen LogP contribution in [0, 0.1) is 19.8 Å². The van der Waals surface area contributed by atoms with Gasteiger partial charge < -0.3 is 5.32 Å². The Morgan fingerprint density at radius 2 is 1.83 bits per heavy atom. The Morgan fingerprint density at radius 3 is 2.46 bits per heavy atom. The van der Waals surface area contributed by atoms with E-state index in [0.29, 0.717) is 5.92 Å². The molecular formula is C19H29NO3S. The minimum atomic E-state index is -3.53. The quantitative estimate of drug-likeness (QED) is 0.885. The first-order valence-corrected chi connectivity index (χ1v) is 10.5. The third kappa shape index (κ3) is 4.82. The number of amides is 1. The molecule has 1 atom stereocenters. The highest BCUT2D eigenvalue weighted by atomic mass is 32.2. The van der Waals surface area contributed by atoms with Crippen molar-refractivity contribution in [3.63, 3.8) is 0 Å². The summed E-state index contributed by atoms with van der Waals surface area (Å²) in [6.07, 6.45) is 4.07. The molecule has 1 aromatic rings. The standard InChI is InChI=1S/C19H29NO3S/c1-13-6-9-18(10-7-13)20-19(21)16(4)24(22,23)12-17-11-14(2)5-8-15(17)3/h5,8,11,13,16,18H,6-7,9-10,12H2,1-4H3,(H,20,21). The maximum absolute atomic E-state index is 12.6. The highest BCUT2D eigenvalue weighted by Gasteiger charge is 2.30. The van der Waals surface area contributed by atoms with Crippen molar-refractivity contribution in [1.29, 1.82) is 0 Å². The SMILES string of the molecule is Cc1ccc(C)c(CS(=O)(=O)C(C)C(=O)NC2CCC(C)CC2)c1. The summed E-state index contributed by atoms with van der Waals surface area (Å²) in [5, 5.41) is 1.92. The number of hydrogen-bond acceptors (Lipinski definition) is 3. The summed E-state index contributed by atoms with van der Waals surface area (Å²) >= 11 is 0. The van der Waals surface area contributed by atoms with Gasteiger partial charge in [0.15, 0.2) is 9.84 Å². The number of benzene rings is 1. The van der Waals surface area contributed by atoms with Crippen LogP contribution in [-0.2, 0) is 20.4 Å². The Morgan fingerprint density at radius 1 is 1.21 bits per heavy atom. The number of carbonyl (C=O) groups excluding carboxylic acids is 1. The molecule has 4 nitrogen and oxygen atoms in total. The van der Waals surface area contributed by atoms with Crippen LogP contribution in [0.25, 0.3) is 0 Å². The van der Waals surface area contributed by atoms with Gasteiger partial charge in [-0.1, -0.05) is 30.7 Å². The molecule has 0 radical (unpaired) electrons. The van der Waals surface area contributed by atoms with Crippen LogP contribution >= 0.6 is 0 Å². The van der Waals surface area contributed by atoms with E-state index in [1.54, 1.807) is 0 Å². The van der Waals surface area contributed by atoms with Crippen molar-refractivity contribution in [2.75, 3.05) is 0 Å². The number of rotatable bonds is 5. The van der Waals surface area contributed by atoms with Gasteiger partial charge in [-0.15, -0.1) is 0 Å². The lowest BCUT2D eigenvalue weighted by Crippen LogP contribution is -2.44. The molecule has 2 rings (SSSR count). The number of sulfone groups is 1. The first-order chi connectivity index (χ1) is 11.2. The van der Waals surface area contributed by atoms with Crippen molar-refractivity contribution >= 4 is 15.7 Å². The number of carbonyl (C=O) groups is 1. The van der Waals surface area contributed by atoms with Gasteiger partial charge in [0.1, 0.15) is 5.25 Å². The Labute approximate surface area is 146 Å². The maximum atomic E-state index is 12.6. The fraction of sp³-hybridized carbons (Fsp3) is 0.632. The predicted octanol–water partition coefficient (Wildman–Crippen LogP) is 3.30. The van der Waals surface area contributed by atoms with E-state index in [0.717, 1.165) is 42.4 Å². The number of hydrogen-bond donors (Lipinski definition) is 1. The van der Waals surface area contributed by atoms with E-state index >= 15 is 0 Å². The molecule has 0 heterocycles. The van der Waals surface area contributed by atoms with Crippen molar-refractivity contribution in [3.8, 4) is 0 Å². The van der Waals surface area contributed by atoms with Crippen molar-refractivity contribution in [3.05, 3.63) is 34.9 Å². The molecule has 5 heteroatoms. The van der Waals surface area contributed by atoms with Gasteiger partial charge in [-0.25, -0.2) is 8.42 Å². The molecule has 1 aromatic carbocycles. The van der Waals surface area contributed by atoms with Gasteiger partial charge in [-0.2, -0.15) is 0 Å². The number of aryl methyl sites for hydroxylation is 2. The van der Waals surface area contributed by atoms with Crippen molar-refractivity contribution in [1.82, 2.24) is 5.32 Å². The zero-order valence-electron chi connectivity index (χ0n) is 15.1. The van der Waals surface area contributed by atoms with Gasteiger partial charge >= 0.3 is 0 Å². The van der Waals surface area contributed by atoms with E-state index in [1.165, 1.54) is 6.92 Å². The summed E-state index contributed by atoms with van der Waals surface area (Å²) in [7, 11) is -3.53. The minimum Gasteiger partial charge on any atom is -0.352 e. The van der Waals surface area contributed by atoms with Crippen molar-refractivity contribution < 1.29 is 13.2 Å². The molecule has 1 saturated carbocycles. The topological polar surface area (TPSA) is 63.2 Å². The summed E-state index contributed by atoms with van der Waals surface area (Å²) in [5.41, 5.74) is 2.75. The third-order valence-electron chi connectivity index (χ3n) is 5.13. The second-order valence-corrected chi connectivity index (χ2v) is 9.67. The summed E-state index contributed by atoms with van der Waals surface area (Å²) in [6.45, 7) is 7.56. The average Bonchev–Trinajstić information content (AvgIpc) is 2.52. The second-order valence-electron chi connectivity index (χ2n) is 7.34. The van der Waals surface area contributed by atoms with Crippen LogP contribution in [0.1, 0.15) is 56.2 Å². The van der Waals surface area contributed by atoms with Crippen LogP contribution in [0.4, 0.5) is 0 Å². The van der Waals surface area contributed by atoms with E-state index < -0.39 is 15.1 Å². The highest BCUT2D eigenvalue weighted by molar-refractivity contribution is 7.92. The first-order valence-electron chi connectivity index (χ1n) is 8.77. The Bertz CT molecular complexity index is 689. The van der Waals surface area contributed by atoms with Crippen molar-refractivity contribution in [2.45, 2.75) is 70.4 Å². The van der Waals surface area contributed by atoms with E-state index in [1.807, 2.05) is 32.0 Å². The molecule has 1 unspecified atom stereocenters. The first kappa shape index (κ1) is 19.0. The molecular weight excluding hydrogens is 322 g/mol. The molecule has 24 heavy (non-hydrogen) atoms. The van der Waals surface area contributed by atoms with Gasteiger partial charge in [-0.3, -0.25) is 4.79 Å². The molecule has 0 aliphatic heterocycles. The molecule has 1 aliphatic carbocycles. The van der Waals surface area contributed by atoms with Crippen LogP contribution in [0.5, 0.6) is 0 Å². The monoisotopic (exact) mass is 351 g/mol. The van der Waals surface area contributed by atoms with Gasteiger partial charge in [0.05, 0.1) is 5.75 Å². The minimum absolute atomic E-state index is 0.0865. The van der Waals surface area contributed by atoms with Gasteiger partial charge in [-0.05, 0) is 63.5 Å². The molecule has 1 N–H and O–H groups in total. The average molecular weight is 352 g/mol. The summed E-state index contributed by atoms with van der Waals surface area (Å²) < 4.78 is 25.3. The number of nitrogens with one attached hydrogen (secondary N) is 1. The van der Waals surface area contributed by atoms with Gasteiger partial charge in [0, 0.05) is 6.04 Å². The molecule has 0 saturated heterocycles. The second kappa shape index (κ2) is 7.68. The lowest BCUT2D eigenvalue weighted by atomic mass is 9.87. The Hall–Kier alpha value is -1.36. The lowest BCUT2D eigenvalue weighted by molar-refractivity contribution is -0.121. The molecule has 1 aliphatic rings. The van der Waals surface area contributed by atoms with Gasteiger partial charge in [0.25, 0.3) is 0 Å².